The second-order valence-electron chi connectivity index (χ2n) is 8.52. The molecule has 1 aliphatic rings. The highest BCUT2D eigenvalue weighted by atomic mass is 19.1. The van der Waals surface area contributed by atoms with Crippen molar-refractivity contribution in [2.45, 2.75) is 26.4 Å². The lowest BCUT2D eigenvalue weighted by atomic mass is 10.1. The van der Waals surface area contributed by atoms with Crippen molar-refractivity contribution < 1.29 is 37.7 Å². The number of methoxy groups -OCH3 is 3. The van der Waals surface area contributed by atoms with Crippen LogP contribution < -0.4 is 34.5 Å². The number of aromatic nitrogens is 3. The maximum absolute atomic E-state index is 14.8. The van der Waals surface area contributed by atoms with Gasteiger partial charge in [-0.15, -0.1) is 0 Å². The molecular weight excluding hydrogens is 515 g/mol. The molecule has 13 nitrogen and oxygen atoms in total. The fourth-order valence-electron chi connectivity index (χ4n) is 3.63. The van der Waals surface area contributed by atoms with Crippen LogP contribution in [0.2, 0.25) is 0 Å². The Morgan fingerprint density at radius 3 is 2.44 bits per heavy atom. The largest absolute Gasteiger partial charge is 0.493 e. The van der Waals surface area contributed by atoms with Crippen LogP contribution in [-0.4, -0.2) is 60.5 Å². The number of carbonyl (C=O) groups excluding carboxylic acids is 2. The zero-order chi connectivity index (χ0) is 28.3. The summed E-state index contributed by atoms with van der Waals surface area (Å²) in [6, 6.07) is 6.09. The van der Waals surface area contributed by atoms with Gasteiger partial charge in [0.05, 0.1) is 39.8 Å². The number of hydrogen-bond acceptors (Lipinski definition) is 11. The number of amides is 2. The SMILES string of the molecule is CCOC(=O)N(c1cc(OC)c(OC)c(OC)c1)c1ncc(F)c(Nc2ccc3c(n2)NC(=O)C(C)(C)O3)n1. The Labute approximate surface area is 223 Å². The highest BCUT2D eigenvalue weighted by molar-refractivity contribution is 5.99. The molecule has 0 atom stereocenters. The first-order chi connectivity index (χ1) is 18.6. The zero-order valence-corrected chi connectivity index (χ0v) is 22.1. The summed E-state index contributed by atoms with van der Waals surface area (Å²) in [6.07, 6.45) is 0.0551. The Kier molecular flexibility index (Phi) is 7.56. The minimum Gasteiger partial charge on any atom is -0.493 e. The van der Waals surface area contributed by atoms with Gasteiger partial charge >= 0.3 is 6.09 Å². The molecule has 0 fully saturated rings. The van der Waals surface area contributed by atoms with Crippen LogP contribution >= 0.6 is 0 Å². The van der Waals surface area contributed by atoms with Crippen molar-refractivity contribution in [2.75, 3.05) is 43.5 Å². The van der Waals surface area contributed by atoms with Gasteiger partial charge in [0.15, 0.2) is 40.3 Å². The van der Waals surface area contributed by atoms with Gasteiger partial charge in [0.2, 0.25) is 11.7 Å². The van der Waals surface area contributed by atoms with Crippen LogP contribution in [0.25, 0.3) is 0 Å². The van der Waals surface area contributed by atoms with E-state index in [0.717, 1.165) is 11.1 Å². The van der Waals surface area contributed by atoms with Crippen LogP contribution in [0.5, 0.6) is 23.0 Å². The zero-order valence-electron chi connectivity index (χ0n) is 22.1. The normalized spacial score (nSPS) is 13.4. The van der Waals surface area contributed by atoms with E-state index in [-0.39, 0.29) is 53.1 Å². The monoisotopic (exact) mass is 542 g/mol. The van der Waals surface area contributed by atoms with Crippen LogP contribution in [-0.2, 0) is 9.53 Å². The second-order valence-corrected chi connectivity index (χ2v) is 8.52. The number of rotatable bonds is 8. The number of nitrogens with one attached hydrogen (secondary N) is 2. The number of anilines is 5. The van der Waals surface area contributed by atoms with E-state index in [2.05, 4.69) is 25.6 Å². The van der Waals surface area contributed by atoms with Gasteiger partial charge in [0.1, 0.15) is 5.82 Å². The van der Waals surface area contributed by atoms with Crippen LogP contribution in [0.1, 0.15) is 20.8 Å². The first kappa shape index (κ1) is 27.2. The van der Waals surface area contributed by atoms with E-state index in [1.54, 1.807) is 26.8 Å². The molecule has 2 N–H and O–H groups in total. The van der Waals surface area contributed by atoms with E-state index in [0.29, 0.717) is 11.5 Å². The van der Waals surface area contributed by atoms with E-state index in [1.807, 2.05) is 0 Å². The van der Waals surface area contributed by atoms with Crippen molar-refractivity contribution in [1.29, 1.82) is 0 Å². The van der Waals surface area contributed by atoms with Crippen molar-refractivity contribution in [3.05, 3.63) is 36.3 Å². The molecule has 1 aliphatic heterocycles. The van der Waals surface area contributed by atoms with Gasteiger partial charge in [-0.05, 0) is 32.9 Å². The maximum Gasteiger partial charge on any atom is 0.421 e. The third-order valence-corrected chi connectivity index (χ3v) is 5.54. The van der Waals surface area contributed by atoms with Crippen molar-refractivity contribution in [3.8, 4) is 23.0 Å². The first-order valence-corrected chi connectivity index (χ1v) is 11.7. The average Bonchev–Trinajstić information content (AvgIpc) is 2.90. The third-order valence-electron chi connectivity index (χ3n) is 5.54. The third kappa shape index (κ3) is 5.39. The lowest BCUT2D eigenvalue weighted by molar-refractivity contribution is -0.129. The molecule has 0 unspecified atom stereocenters. The summed E-state index contributed by atoms with van der Waals surface area (Å²) in [7, 11) is 4.29. The fourth-order valence-corrected chi connectivity index (χ4v) is 3.63. The van der Waals surface area contributed by atoms with Gasteiger partial charge in [-0.2, -0.15) is 4.98 Å². The first-order valence-electron chi connectivity index (χ1n) is 11.7. The number of carbonyl (C=O) groups is 2. The van der Waals surface area contributed by atoms with Gasteiger partial charge in [0.25, 0.3) is 5.91 Å². The Balaban J connectivity index is 1.73. The summed E-state index contributed by atoms with van der Waals surface area (Å²) in [5.74, 6) is -0.252. The summed E-state index contributed by atoms with van der Waals surface area (Å²) in [6.45, 7) is 4.93. The van der Waals surface area contributed by atoms with Crippen molar-refractivity contribution >= 4 is 41.1 Å². The van der Waals surface area contributed by atoms with Crippen LogP contribution in [0.4, 0.5) is 38.3 Å². The van der Waals surface area contributed by atoms with Crippen LogP contribution in [0, 0.1) is 5.82 Å². The number of fused-ring (bicyclic) bond motifs is 1. The minimum absolute atomic E-state index is 0.0513. The number of ether oxygens (including phenoxy) is 5. The molecular formula is C25H27FN6O7. The molecule has 3 heterocycles. The van der Waals surface area contributed by atoms with Crippen molar-refractivity contribution in [3.63, 3.8) is 0 Å². The number of benzene rings is 1. The minimum atomic E-state index is -1.07. The molecule has 0 aliphatic carbocycles. The molecule has 3 aromatic rings. The highest BCUT2D eigenvalue weighted by Crippen LogP contribution is 2.42. The predicted octanol–water partition coefficient (Wildman–Crippen LogP) is 4.18. The van der Waals surface area contributed by atoms with Gasteiger partial charge in [-0.3, -0.25) is 4.79 Å². The molecule has 0 radical (unpaired) electrons. The maximum atomic E-state index is 14.8. The van der Waals surface area contributed by atoms with Gasteiger partial charge in [-0.25, -0.2) is 24.1 Å². The summed E-state index contributed by atoms with van der Waals surface area (Å²) in [5.41, 5.74) is -0.865. The van der Waals surface area contributed by atoms with Crippen molar-refractivity contribution in [2.24, 2.45) is 0 Å². The summed E-state index contributed by atoms with van der Waals surface area (Å²) in [4.78, 5) is 38.8. The molecule has 14 heteroatoms. The van der Waals surface area contributed by atoms with Gasteiger partial charge in [0, 0.05) is 12.1 Å². The molecule has 1 aromatic carbocycles. The van der Waals surface area contributed by atoms with E-state index in [1.165, 1.54) is 39.5 Å². The quantitative estimate of drug-likeness (QED) is 0.422. The number of pyridine rings is 1. The Morgan fingerprint density at radius 2 is 1.82 bits per heavy atom. The fraction of sp³-hybridized carbons (Fsp3) is 0.320. The smallest absolute Gasteiger partial charge is 0.421 e. The molecule has 206 valence electrons. The van der Waals surface area contributed by atoms with E-state index >= 15 is 0 Å². The Morgan fingerprint density at radius 1 is 1.13 bits per heavy atom. The molecule has 0 bridgehead atoms. The van der Waals surface area contributed by atoms with E-state index in [4.69, 9.17) is 23.7 Å². The molecule has 2 aromatic heterocycles. The number of hydrogen-bond donors (Lipinski definition) is 2. The topological polar surface area (TPSA) is 146 Å². The predicted molar refractivity (Wildman–Crippen MR) is 138 cm³/mol. The average molecular weight is 543 g/mol. The lowest BCUT2D eigenvalue weighted by Gasteiger charge is -2.30. The molecule has 39 heavy (non-hydrogen) atoms. The summed E-state index contributed by atoms with van der Waals surface area (Å²) in [5, 5.41) is 5.40. The molecule has 0 saturated heterocycles. The van der Waals surface area contributed by atoms with Gasteiger partial charge in [-0.1, -0.05) is 0 Å². The number of halogens is 1. The summed E-state index contributed by atoms with van der Waals surface area (Å²) < 4.78 is 41.8. The summed E-state index contributed by atoms with van der Waals surface area (Å²) >= 11 is 0. The Hall–Kier alpha value is -4.88. The standard InChI is InChI=1S/C25H27FN6O7/c1-7-38-24(34)32(13-10-16(35-4)19(37-6)17(11-13)36-5)23-27-12-14(26)20(31-23)28-18-9-8-15-21(29-18)30-22(33)25(2,3)39-15/h8-12H,7H2,1-6H3,(H2,27,28,29,30,31,33). The van der Waals surface area contributed by atoms with Crippen molar-refractivity contribution in [1.82, 2.24) is 15.0 Å². The van der Waals surface area contributed by atoms with E-state index in [9.17, 15) is 14.0 Å². The molecule has 4 rings (SSSR count). The second kappa shape index (κ2) is 10.8. The molecule has 0 saturated carbocycles. The highest BCUT2D eigenvalue weighted by Gasteiger charge is 2.36. The van der Waals surface area contributed by atoms with Crippen LogP contribution in [0.3, 0.4) is 0 Å². The van der Waals surface area contributed by atoms with E-state index < -0.39 is 17.5 Å². The molecule has 2 amide bonds. The Bertz CT molecular complexity index is 1390. The number of nitrogens with zero attached hydrogens (tertiary/aromatic N) is 4. The lowest BCUT2D eigenvalue weighted by Crippen LogP contribution is -2.46. The molecule has 0 spiro atoms. The van der Waals surface area contributed by atoms with Gasteiger partial charge < -0.3 is 34.3 Å². The van der Waals surface area contributed by atoms with Crippen LogP contribution in [0.15, 0.2) is 30.5 Å².